The zero-order valence-electron chi connectivity index (χ0n) is 10.9. The number of nitrogens with zero attached hydrogens (tertiary/aromatic N) is 1. The Hall–Kier alpha value is -0.860. The number of sulfonamides is 1. The first-order chi connectivity index (χ1) is 8.71. The van der Waals surface area contributed by atoms with Gasteiger partial charge >= 0.3 is 0 Å². The fourth-order valence-electron chi connectivity index (χ4n) is 1.48. The van der Waals surface area contributed by atoms with Crippen molar-refractivity contribution in [2.75, 3.05) is 24.8 Å². The van der Waals surface area contributed by atoms with Gasteiger partial charge in [-0.15, -0.1) is 0 Å². The molecule has 0 saturated heterocycles. The second kappa shape index (κ2) is 6.06. The summed E-state index contributed by atoms with van der Waals surface area (Å²) in [6.07, 6.45) is 1.84. The predicted molar refractivity (Wildman–Crippen MR) is 73.6 cm³/mol. The second-order valence-corrected chi connectivity index (χ2v) is 7.01. The lowest BCUT2D eigenvalue weighted by atomic mass is 10.3. The van der Waals surface area contributed by atoms with Gasteiger partial charge in [0.2, 0.25) is 10.0 Å². The molecular formula is C11H16F2N2O2S2. The van der Waals surface area contributed by atoms with Crippen molar-refractivity contribution in [2.45, 2.75) is 17.9 Å². The third-order valence-electron chi connectivity index (χ3n) is 2.74. The molecule has 0 aliphatic heterocycles. The number of anilines is 1. The van der Waals surface area contributed by atoms with Gasteiger partial charge in [-0.3, -0.25) is 0 Å². The van der Waals surface area contributed by atoms with Crippen LogP contribution < -0.4 is 5.73 Å². The number of hydrogen-bond donors (Lipinski definition) is 1. The molecule has 0 heterocycles. The van der Waals surface area contributed by atoms with Crippen molar-refractivity contribution in [3.8, 4) is 0 Å². The van der Waals surface area contributed by atoms with Crippen LogP contribution in [0.2, 0.25) is 0 Å². The number of nitrogen functional groups attached to an aromatic ring is 1. The summed E-state index contributed by atoms with van der Waals surface area (Å²) >= 11 is 1.47. The minimum Gasteiger partial charge on any atom is -0.396 e. The van der Waals surface area contributed by atoms with Crippen molar-refractivity contribution in [2.24, 2.45) is 0 Å². The van der Waals surface area contributed by atoms with Gasteiger partial charge in [0.15, 0.2) is 0 Å². The summed E-state index contributed by atoms with van der Waals surface area (Å²) in [5.74, 6) is -1.56. The maximum Gasteiger partial charge on any atom is 0.246 e. The van der Waals surface area contributed by atoms with Gasteiger partial charge in [-0.05, 0) is 19.2 Å². The predicted octanol–water partition coefficient (Wildman–Crippen LogP) is 1.92. The molecule has 0 spiro atoms. The normalized spacial score (nSPS) is 13.8. The van der Waals surface area contributed by atoms with Crippen LogP contribution in [0.5, 0.6) is 0 Å². The SMILES string of the molecule is CSCC(C)N(C)S(=O)(=O)c1cc(N)c(F)cc1F. The molecule has 1 aromatic rings. The van der Waals surface area contributed by atoms with Gasteiger partial charge in [-0.2, -0.15) is 16.1 Å². The standard InChI is InChI=1S/C11H16F2N2O2S2/c1-7(6-18-3)15(2)19(16,17)11-5-10(14)8(12)4-9(11)13/h4-5,7H,6,14H2,1-3H3. The van der Waals surface area contributed by atoms with Gasteiger partial charge in [0.1, 0.15) is 16.5 Å². The Labute approximate surface area is 116 Å². The fraction of sp³-hybridized carbons (Fsp3) is 0.455. The highest BCUT2D eigenvalue weighted by Gasteiger charge is 2.28. The van der Waals surface area contributed by atoms with Crippen LogP contribution in [0.4, 0.5) is 14.5 Å². The molecule has 0 saturated carbocycles. The number of benzene rings is 1. The lowest BCUT2D eigenvalue weighted by molar-refractivity contribution is 0.411. The molecule has 0 aliphatic carbocycles. The van der Waals surface area contributed by atoms with E-state index in [0.717, 1.165) is 10.4 Å². The lowest BCUT2D eigenvalue weighted by Gasteiger charge is -2.24. The molecular weight excluding hydrogens is 294 g/mol. The van der Waals surface area contributed by atoms with E-state index in [4.69, 9.17) is 5.73 Å². The Morgan fingerprint density at radius 1 is 1.37 bits per heavy atom. The molecule has 1 aromatic carbocycles. The Morgan fingerprint density at radius 2 is 1.95 bits per heavy atom. The monoisotopic (exact) mass is 310 g/mol. The maximum absolute atomic E-state index is 13.6. The van der Waals surface area contributed by atoms with E-state index >= 15 is 0 Å². The van der Waals surface area contributed by atoms with Crippen LogP contribution in [-0.4, -0.2) is 37.8 Å². The zero-order chi connectivity index (χ0) is 14.8. The molecule has 0 amide bonds. The molecule has 2 N–H and O–H groups in total. The van der Waals surface area contributed by atoms with Gasteiger partial charge in [0.05, 0.1) is 5.69 Å². The Balaban J connectivity index is 3.24. The zero-order valence-corrected chi connectivity index (χ0v) is 12.5. The summed E-state index contributed by atoms with van der Waals surface area (Å²) < 4.78 is 52.2. The number of thioether (sulfide) groups is 1. The molecule has 1 atom stereocenters. The van der Waals surface area contributed by atoms with E-state index in [1.807, 2.05) is 6.26 Å². The summed E-state index contributed by atoms with van der Waals surface area (Å²) in [6.45, 7) is 1.71. The van der Waals surface area contributed by atoms with Crippen LogP contribution >= 0.6 is 11.8 Å². The Morgan fingerprint density at radius 3 is 2.47 bits per heavy atom. The van der Waals surface area contributed by atoms with Gasteiger partial charge in [0.25, 0.3) is 0 Å². The first-order valence-corrected chi connectivity index (χ1v) is 8.26. The number of halogens is 2. The van der Waals surface area contributed by atoms with Crippen molar-refractivity contribution in [1.82, 2.24) is 4.31 Å². The maximum atomic E-state index is 13.6. The molecule has 0 aliphatic rings. The Kier molecular flexibility index (Phi) is 5.17. The molecule has 0 radical (unpaired) electrons. The van der Waals surface area contributed by atoms with E-state index in [1.54, 1.807) is 6.92 Å². The highest BCUT2D eigenvalue weighted by atomic mass is 32.2. The van der Waals surface area contributed by atoms with Gasteiger partial charge in [0, 0.05) is 24.9 Å². The average molecular weight is 310 g/mol. The van der Waals surface area contributed by atoms with E-state index in [0.29, 0.717) is 11.8 Å². The number of rotatable bonds is 5. The summed E-state index contributed by atoms with van der Waals surface area (Å²) in [6, 6.07) is 0.975. The summed E-state index contributed by atoms with van der Waals surface area (Å²) in [5.41, 5.74) is 4.90. The van der Waals surface area contributed by atoms with Crippen molar-refractivity contribution >= 4 is 27.5 Å². The van der Waals surface area contributed by atoms with E-state index in [-0.39, 0.29) is 6.04 Å². The van der Waals surface area contributed by atoms with Crippen LogP contribution in [0.3, 0.4) is 0 Å². The average Bonchev–Trinajstić information content (AvgIpc) is 2.32. The molecule has 1 unspecified atom stereocenters. The van der Waals surface area contributed by atoms with Crippen molar-refractivity contribution < 1.29 is 17.2 Å². The van der Waals surface area contributed by atoms with Crippen LogP contribution in [0.25, 0.3) is 0 Å². The minimum absolute atomic E-state index is 0.314. The molecule has 8 heteroatoms. The molecule has 108 valence electrons. The van der Waals surface area contributed by atoms with E-state index < -0.39 is 32.2 Å². The van der Waals surface area contributed by atoms with Crippen molar-refractivity contribution in [1.29, 1.82) is 0 Å². The van der Waals surface area contributed by atoms with E-state index in [2.05, 4.69) is 0 Å². The fourth-order valence-corrected chi connectivity index (χ4v) is 3.72. The quantitative estimate of drug-likeness (QED) is 0.844. The van der Waals surface area contributed by atoms with Crippen LogP contribution in [0, 0.1) is 11.6 Å². The molecule has 0 aromatic heterocycles. The van der Waals surface area contributed by atoms with Gasteiger partial charge in [-0.25, -0.2) is 17.2 Å². The van der Waals surface area contributed by atoms with Crippen molar-refractivity contribution in [3.63, 3.8) is 0 Å². The van der Waals surface area contributed by atoms with Crippen LogP contribution in [0.1, 0.15) is 6.92 Å². The van der Waals surface area contributed by atoms with Gasteiger partial charge in [-0.1, -0.05) is 0 Å². The first-order valence-electron chi connectivity index (χ1n) is 5.43. The third-order valence-corrected chi connectivity index (χ3v) is 5.54. The second-order valence-electron chi connectivity index (χ2n) is 4.13. The molecule has 0 bridgehead atoms. The largest absolute Gasteiger partial charge is 0.396 e. The molecule has 0 fully saturated rings. The molecule has 4 nitrogen and oxygen atoms in total. The highest BCUT2D eigenvalue weighted by Crippen LogP contribution is 2.24. The topological polar surface area (TPSA) is 63.4 Å². The summed E-state index contributed by atoms with van der Waals surface area (Å²) in [5, 5.41) is 0. The molecule has 1 rings (SSSR count). The molecule has 19 heavy (non-hydrogen) atoms. The van der Waals surface area contributed by atoms with Crippen molar-refractivity contribution in [3.05, 3.63) is 23.8 Å². The lowest BCUT2D eigenvalue weighted by Crippen LogP contribution is -2.37. The first kappa shape index (κ1) is 16.2. The Bertz CT molecular complexity index is 564. The minimum atomic E-state index is -4.03. The van der Waals surface area contributed by atoms with E-state index in [1.165, 1.54) is 18.8 Å². The smallest absolute Gasteiger partial charge is 0.246 e. The highest BCUT2D eigenvalue weighted by molar-refractivity contribution is 7.98. The third kappa shape index (κ3) is 3.37. The number of nitrogens with two attached hydrogens (primary N) is 1. The summed E-state index contributed by atoms with van der Waals surface area (Å²) in [4.78, 5) is -0.609. The van der Waals surface area contributed by atoms with Crippen LogP contribution in [-0.2, 0) is 10.0 Å². The van der Waals surface area contributed by atoms with Crippen LogP contribution in [0.15, 0.2) is 17.0 Å². The number of hydrogen-bond acceptors (Lipinski definition) is 4. The van der Waals surface area contributed by atoms with Gasteiger partial charge < -0.3 is 5.73 Å². The van der Waals surface area contributed by atoms with E-state index in [9.17, 15) is 17.2 Å². The summed E-state index contributed by atoms with van der Waals surface area (Å²) in [7, 11) is -2.68.